The van der Waals surface area contributed by atoms with Crippen LogP contribution < -0.4 is 0 Å². The number of nitrogens with zero attached hydrogens (tertiary/aromatic N) is 2. The number of hydrogen-bond acceptors (Lipinski definition) is 5. The first kappa shape index (κ1) is 24.2. The van der Waals surface area contributed by atoms with Crippen LogP contribution in [-0.2, 0) is 20.7 Å². The second kappa shape index (κ2) is 10.5. The van der Waals surface area contributed by atoms with Gasteiger partial charge >= 0.3 is 0 Å². The largest absolute Gasteiger partial charge is 0.507 e. The van der Waals surface area contributed by atoms with Crippen LogP contribution in [0.15, 0.2) is 48.0 Å². The third kappa shape index (κ3) is 4.93. The standard InChI is InChI=1S/C28H34N2O4/c1-4-21-8-10-22(11-9-21)25-24(26(31)23-18-19(2)6-7-20(23)3)27(32)28(33)30(25)13-5-12-29-14-16-34-17-15-29/h6-11,18,25,31H,4-5,12-17H2,1-3H3. The van der Waals surface area contributed by atoms with Gasteiger partial charge in [0.05, 0.1) is 24.8 Å². The zero-order valence-electron chi connectivity index (χ0n) is 20.3. The van der Waals surface area contributed by atoms with E-state index in [1.54, 1.807) is 4.90 Å². The van der Waals surface area contributed by atoms with Crippen molar-refractivity contribution in [3.63, 3.8) is 0 Å². The van der Waals surface area contributed by atoms with Crippen LogP contribution in [0.2, 0.25) is 0 Å². The molecule has 0 radical (unpaired) electrons. The zero-order chi connectivity index (χ0) is 24.2. The molecule has 1 amide bonds. The summed E-state index contributed by atoms with van der Waals surface area (Å²) in [6.45, 7) is 10.4. The smallest absolute Gasteiger partial charge is 0.295 e. The number of hydrogen-bond donors (Lipinski definition) is 1. The highest BCUT2D eigenvalue weighted by molar-refractivity contribution is 6.46. The number of likely N-dealkylation sites (tertiary alicyclic amines) is 1. The summed E-state index contributed by atoms with van der Waals surface area (Å²) >= 11 is 0. The lowest BCUT2D eigenvalue weighted by molar-refractivity contribution is -0.140. The maximum Gasteiger partial charge on any atom is 0.295 e. The molecule has 6 nitrogen and oxygen atoms in total. The van der Waals surface area contributed by atoms with Crippen LogP contribution in [0.25, 0.3) is 5.76 Å². The van der Waals surface area contributed by atoms with E-state index >= 15 is 0 Å². The molecule has 0 saturated carbocycles. The molecule has 0 aromatic heterocycles. The number of amides is 1. The maximum atomic E-state index is 13.3. The number of ketones is 1. The fraction of sp³-hybridized carbons (Fsp3) is 0.429. The van der Waals surface area contributed by atoms with E-state index in [9.17, 15) is 14.7 Å². The van der Waals surface area contributed by atoms with Crippen LogP contribution in [0.3, 0.4) is 0 Å². The summed E-state index contributed by atoms with van der Waals surface area (Å²) in [6.07, 6.45) is 1.66. The molecule has 0 aliphatic carbocycles. The molecule has 34 heavy (non-hydrogen) atoms. The molecule has 0 spiro atoms. The van der Waals surface area contributed by atoms with Gasteiger partial charge in [0, 0.05) is 31.7 Å². The van der Waals surface area contributed by atoms with Crippen LogP contribution in [0, 0.1) is 13.8 Å². The van der Waals surface area contributed by atoms with Crippen molar-refractivity contribution in [2.75, 3.05) is 39.4 Å². The summed E-state index contributed by atoms with van der Waals surface area (Å²) < 4.78 is 5.42. The van der Waals surface area contributed by atoms with Crippen molar-refractivity contribution >= 4 is 17.4 Å². The lowest BCUT2D eigenvalue weighted by atomic mass is 9.92. The molecule has 2 saturated heterocycles. The van der Waals surface area contributed by atoms with Gasteiger partial charge in [-0.1, -0.05) is 48.9 Å². The lowest BCUT2D eigenvalue weighted by Crippen LogP contribution is -2.38. The Morgan fingerprint density at radius 2 is 1.74 bits per heavy atom. The minimum atomic E-state index is -0.616. The van der Waals surface area contributed by atoms with E-state index in [0.29, 0.717) is 12.1 Å². The van der Waals surface area contributed by atoms with E-state index in [-0.39, 0.29) is 11.3 Å². The second-order valence-electron chi connectivity index (χ2n) is 9.21. The van der Waals surface area contributed by atoms with E-state index in [2.05, 4.69) is 11.8 Å². The molecule has 4 rings (SSSR count). The van der Waals surface area contributed by atoms with Crippen molar-refractivity contribution in [3.8, 4) is 0 Å². The SMILES string of the molecule is CCc1ccc(C2C(=C(O)c3cc(C)ccc3C)C(=O)C(=O)N2CCCN2CCOCC2)cc1. The summed E-state index contributed by atoms with van der Waals surface area (Å²) in [5.41, 5.74) is 4.64. The molecule has 1 N–H and O–H groups in total. The summed E-state index contributed by atoms with van der Waals surface area (Å²) in [4.78, 5) is 30.4. The van der Waals surface area contributed by atoms with Crippen molar-refractivity contribution in [1.29, 1.82) is 0 Å². The molecule has 2 aromatic rings. The maximum absolute atomic E-state index is 13.3. The summed E-state index contributed by atoms with van der Waals surface area (Å²) in [7, 11) is 0. The summed E-state index contributed by atoms with van der Waals surface area (Å²) in [6, 6.07) is 13.2. The molecule has 1 atom stereocenters. The zero-order valence-corrected chi connectivity index (χ0v) is 20.3. The lowest BCUT2D eigenvalue weighted by Gasteiger charge is -2.29. The number of carbonyl (C=O) groups is 2. The average Bonchev–Trinajstić information content (AvgIpc) is 3.11. The number of Topliss-reactive ketones (excluding diaryl/α,β-unsaturated/α-hetero) is 1. The second-order valence-corrected chi connectivity index (χ2v) is 9.21. The van der Waals surface area contributed by atoms with Gasteiger partial charge in [0.15, 0.2) is 0 Å². The normalized spacial score (nSPS) is 20.8. The number of aliphatic hydroxyl groups is 1. The van der Waals surface area contributed by atoms with Crippen LogP contribution in [0.4, 0.5) is 0 Å². The van der Waals surface area contributed by atoms with Gasteiger partial charge in [-0.15, -0.1) is 0 Å². The van der Waals surface area contributed by atoms with Gasteiger partial charge in [0.25, 0.3) is 11.7 Å². The Labute approximate surface area is 201 Å². The van der Waals surface area contributed by atoms with Crippen molar-refractivity contribution in [1.82, 2.24) is 9.80 Å². The predicted octanol–water partition coefficient (Wildman–Crippen LogP) is 4.01. The highest BCUT2D eigenvalue weighted by atomic mass is 16.5. The number of aryl methyl sites for hydroxylation is 3. The first-order valence-corrected chi connectivity index (χ1v) is 12.2. The quantitative estimate of drug-likeness (QED) is 0.383. The fourth-order valence-electron chi connectivity index (χ4n) is 4.82. The van der Waals surface area contributed by atoms with Crippen LogP contribution in [0.1, 0.15) is 47.2 Å². The number of morpholine rings is 1. The van der Waals surface area contributed by atoms with Crippen LogP contribution in [0.5, 0.6) is 0 Å². The Balaban J connectivity index is 1.70. The third-order valence-electron chi connectivity index (χ3n) is 6.87. The van der Waals surface area contributed by atoms with E-state index in [1.807, 2.05) is 56.3 Å². The van der Waals surface area contributed by atoms with E-state index < -0.39 is 17.7 Å². The molecule has 180 valence electrons. The van der Waals surface area contributed by atoms with Gasteiger partial charge in [-0.3, -0.25) is 14.5 Å². The Morgan fingerprint density at radius 3 is 2.41 bits per heavy atom. The molecular formula is C28H34N2O4. The Bertz CT molecular complexity index is 1080. The monoisotopic (exact) mass is 462 g/mol. The number of aliphatic hydroxyl groups excluding tert-OH is 1. The van der Waals surface area contributed by atoms with Gasteiger partial charge in [-0.2, -0.15) is 0 Å². The summed E-state index contributed by atoms with van der Waals surface area (Å²) in [5, 5.41) is 11.4. The Kier molecular flexibility index (Phi) is 7.49. The van der Waals surface area contributed by atoms with Gasteiger partial charge < -0.3 is 14.7 Å². The topological polar surface area (TPSA) is 70.1 Å². The highest BCUT2D eigenvalue weighted by Crippen LogP contribution is 2.40. The number of benzene rings is 2. The van der Waals surface area contributed by atoms with Gasteiger partial charge in [0.2, 0.25) is 0 Å². The molecular weight excluding hydrogens is 428 g/mol. The average molecular weight is 463 g/mol. The molecule has 0 bridgehead atoms. The van der Waals surface area contributed by atoms with Gasteiger partial charge in [-0.05, 0) is 49.4 Å². The first-order valence-electron chi connectivity index (χ1n) is 12.2. The molecule has 6 heteroatoms. The Morgan fingerprint density at radius 1 is 1.03 bits per heavy atom. The van der Waals surface area contributed by atoms with Crippen molar-refractivity contribution in [3.05, 3.63) is 75.9 Å². The molecule has 2 aromatic carbocycles. The minimum Gasteiger partial charge on any atom is -0.507 e. The summed E-state index contributed by atoms with van der Waals surface area (Å²) in [5.74, 6) is -1.26. The van der Waals surface area contributed by atoms with E-state index in [0.717, 1.165) is 62.4 Å². The van der Waals surface area contributed by atoms with Crippen molar-refractivity contribution in [2.24, 2.45) is 0 Å². The van der Waals surface area contributed by atoms with Crippen LogP contribution >= 0.6 is 0 Å². The van der Waals surface area contributed by atoms with Gasteiger partial charge in [0.1, 0.15) is 5.76 Å². The van der Waals surface area contributed by atoms with E-state index in [4.69, 9.17) is 4.74 Å². The van der Waals surface area contributed by atoms with Crippen molar-refractivity contribution < 1.29 is 19.4 Å². The van der Waals surface area contributed by atoms with Gasteiger partial charge in [-0.25, -0.2) is 0 Å². The van der Waals surface area contributed by atoms with E-state index in [1.165, 1.54) is 5.56 Å². The predicted molar refractivity (Wildman–Crippen MR) is 133 cm³/mol. The first-order chi connectivity index (χ1) is 16.4. The molecule has 2 fully saturated rings. The fourth-order valence-corrected chi connectivity index (χ4v) is 4.82. The van der Waals surface area contributed by atoms with Crippen molar-refractivity contribution in [2.45, 2.75) is 39.7 Å². The molecule has 2 aliphatic rings. The third-order valence-corrected chi connectivity index (χ3v) is 6.87. The molecule has 2 heterocycles. The highest BCUT2D eigenvalue weighted by Gasteiger charge is 2.45. The number of carbonyl (C=O) groups excluding carboxylic acids is 2. The Hall–Kier alpha value is -2.96. The minimum absolute atomic E-state index is 0.0974. The number of rotatable bonds is 7. The molecule has 1 unspecified atom stereocenters. The van der Waals surface area contributed by atoms with Crippen LogP contribution in [-0.4, -0.2) is 66.0 Å². The molecule has 2 aliphatic heterocycles. The number of ether oxygens (including phenoxy) is 1.